The first-order valence-electron chi connectivity index (χ1n) is 4.82. The molecule has 0 aliphatic carbocycles. The molecule has 1 aliphatic rings. The van der Waals surface area contributed by atoms with Crippen molar-refractivity contribution in [2.45, 2.75) is 26.4 Å². The molecule has 1 fully saturated rings. The third kappa shape index (κ3) is 6.54. The average Bonchev–Trinajstić information content (AvgIpc) is 2.60. The highest BCUT2D eigenvalue weighted by Gasteiger charge is 2.08. The number of carbonyl (C=O) groups is 1. The molecule has 4 heteroatoms. The number of nitrogens with zero attached hydrogens (tertiary/aromatic N) is 1. The van der Waals surface area contributed by atoms with E-state index in [-0.39, 0.29) is 6.10 Å². The fraction of sp³-hybridized carbons (Fsp3) is 0.889. The van der Waals surface area contributed by atoms with Gasteiger partial charge in [-0.05, 0) is 26.8 Å². The first-order chi connectivity index (χ1) is 6.24. The minimum absolute atomic E-state index is 0.0648. The van der Waals surface area contributed by atoms with E-state index in [0.29, 0.717) is 0 Å². The SMILES string of the molecule is CCN(C=O)CC.OC1CCNC1. The van der Waals surface area contributed by atoms with E-state index in [4.69, 9.17) is 5.11 Å². The van der Waals surface area contributed by atoms with Crippen molar-refractivity contribution in [3.8, 4) is 0 Å². The first kappa shape index (κ1) is 12.4. The zero-order valence-electron chi connectivity index (χ0n) is 8.49. The van der Waals surface area contributed by atoms with Gasteiger partial charge in [0.2, 0.25) is 6.41 Å². The maximum atomic E-state index is 9.89. The molecular weight excluding hydrogens is 168 g/mol. The highest BCUT2D eigenvalue weighted by atomic mass is 16.3. The summed E-state index contributed by atoms with van der Waals surface area (Å²) < 4.78 is 0. The molecule has 1 heterocycles. The van der Waals surface area contributed by atoms with Crippen LogP contribution in [0.1, 0.15) is 20.3 Å². The zero-order chi connectivity index (χ0) is 10.1. The van der Waals surface area contributed by atoms with Gasteiger partial charge >= 0.3 is 0 Å². The molecule has 0 spiro atoms. The molecule has 0 aromatic heterocycles. The summed E-state index contributed by atoms with van der Waals surface area (Å²) in [7, 11) is 0. The Kier molecular flexibility index (Phi) is 7.63. The number of rotatable bonds is 3. The monoisotopic (exact) mass is 188 g/mol. The van der Waals surface area contributed by atoms with Crippen molar-refractivity contribution in [3.63, 3.8) is 0 Å². The molecule has 2 N–H and O–H groups in total. The summed E-state index contributed by atoms with van der Waals surface area (Å²) in [6.45, 7) is 7.33. The standard InChI is InChI=1S/C5H11NO.C4H9NO/c1-3-6(4-2)5-7;6-4-1-2-5-3-4/h5H,3-4H2,1-2H3;4-6H,1-3H2. The molecule has 78 valence electrons. The maximum absolute atomic E-state index is 9.89. The Labute approximate surface area is 79.9 Å². The van der Waals surface area contributed by atoms with Crippen LogP contribution in [0.4, 0.5) is 0 Å². The van der Waals surface area contributed by atoms with E-state index >= 15 is 0 Å². The summed E-state index contributed by atoms with van der Waals surface area (Å²) in [4.78, 5) is 11.6. The van der Waals surface area contributed by atoms with Crippen molar-refractivity contribution in [1.29, 1.82) is 0 Å². The predicted molar refractivity (Wildman–Crippen MR) is 52.5 cm³/mol. The van der Waals surface area contributed by atoms with Crippen molar-refractivity contribution in [2.75, 3.05) is 26.2 Å². The summed E-state index contributed by atoms with van der Waals surface area (Å²) in [5.41, 5.74) is 0. The van der Waals surface area contributed by atoms with Gasteiger partial charge in [0.25, 0.3) is 0 Å². The Morgan fingerprint density at radius 3 is 2.23 bits per heavy atom. The number of aliphatic hydroxyl groups is 1. The molecule has 0 radical (unpaired) electrons. The van der Waals surface area contributed by atoms with Crippen molar-refractivity contribution >= 4 is 6.41 Å². The molecule has 1 amide bonds. The Balaban J connectivity index is 0.000000223. The number of β-amino-alcohol motifs (C(OH)–C–C–N with tert-alkyl or cyclic N) is 1. The van der Waals surface area contributed by atoms with Gasteiger partial charge in [-0.1, -0.05) is 0 Å². The lowest BCUT2D eigenvalue weighted by Crippen LogP contribution is -2.19. The summed E-state index contributed by atoms with van der Waals surface area (Å²) in [6, 6.07) is 0. The summed E-state index contributed by atoms with van der Waals surface area (Å²) in [5, 5.41) is 11.7. The number of aliphatic hydroxyl groups excluding tert-OH is 1. The number of amides is 1. The number of carbonyl (C=O) groups excluding carboxylic acids is 1. The fourth-order valence-corrected chi connectivity index (χ4v) is 1.01. The molecule has 0 bridgehead atoms. The summed E-state index contributed by atoms with van der Waals surface area (Å²) >= 11 is 0. The zero-order valence-corrected chi connectivity index (χ0v) is 8.49. The Morgan fingerprint density at radius 2 is 2.15 bits per heavy atom. The molecule has 1 atom stereocenters. The van der Waals surface area contributed by atoms with Crippen LogP contribution in [-0.4, -0.2) is 48.7 Å². The molecule has 1 rings (SSSR count). The number of nitrogens with one attached hydrogen (secondary N) is 1. The van der Waals surface area contributed by atoms with E-state index in [1.54, 1.807) is 4.90 Å². The van der Waals surface area contributed by atoms with Crippen LogP contribution in [0.15, 0.2) is 0 Å². The molecular formula is C9H20N2O2. The Morgan fingerprint density at radius 1 is 1.54 bits per heavy atom. The van der Waals surface area contributed by atoms with Gasteiger partial charge in [-0.25, -0.2) is 0 Å². The Hall–Kier alpha value is -0.610. The third-order valence-corrected chi connectivity index (χ3v) is 2.00. The molecule has 0 aromatic carbocycles. The fourth-order valence-electron chi connectivity index (χ4n) is 1.01. The lowest BCUT2D eigenvalue weighted by Gasteiger charge is -2.08. The molecule has 0 saturated carbocycles. The van der Waals surface area contributed by atoms with Crippen LogP contribution in [0.2, 0.25) is 0 Å². The van der Waals surface area contributed by atoms with Crippen molar-refractivity contribution in [2.24, 2.45) is 0 Å². The van der Waals surface area contributed by atoms with Crippen LogP contribution >= 0.6 is 0 Å². The van der Waals surface area contributed by atoms with E-state index in [2.05, 4.69) is 5.32 Å². The van der Waals surface area contributed by atoms with Crippen molar-refractivity contribution in [3.05, 3.63) is 0 Å². The second kappa shape index (κ2) is 8.01. The van der Waals surface area contributed by atoms with Gasteiger partial charge in [0, 0.05) is 19.6 Å². The Bertz CT molecular complexity index is 121. The van der Waals surface area contributed by atoms with E-state index < -0.39 is 0 Å². The quantitative estimate of drug-likeness (QED) is 0.604. The smallest absolute Gasteiger partial charge is 0.209 e. The third-order valence-electron chi connectivity index (χ3n) is 2.00. The molecule has 13 heavy (non-hydrogen) atoms. The van der Waals surface area contributed by atoms with Crippen LogP contribution in [0.5, 0.6) is 0 Å². The second-order valence-electron chi connectivity index (χ2n) is 2.97. The number of hydrogen-bond donors (Lipinski definition) is 2. The maximum Gasteiger partial charge on any atom is 0.209 e. The second-order valence-corrected chi connectivity index (χ2v) is 2.97. The van der Waals surface area contributed by atoms with Crippen LogP contribution in [0.3, 0.4) is 0 Å². The molecule has 1 saturated heterocycles. The van der Waals surface area contributed by atoms with E-state index in [9.17, 15) is 4.79 Å². The van der Waals surface area contributed by atoms with E-state index in [1.165, 1.54) is 0 Å². The van der Waals surface area contributed by atoms with Gasteiger partial charge in [-0.3, -0.25) is 4.79 Å². The van der Waals surface area contributed by atoms with Crippen molar-refractivity contribution < 1.29 is 9.90 Å². The highest BCUT2D eigenvalue weighted by molar-refractivity contribution is 5.46. The summed E-state index contributed by atoms with van der Waals surface area (Å²) in [6.07, 6.45) is 1.73. The van der Waals surface area contributed by atoms with Crippen molar-refractivity contribution in [1.82, 2.24) is 10.2 Å². The molecule has 0 aromatic rings. The van der Waals surface area contributed by atoms with Gasteiger partial charge in [0.05, 0.1) is 6.10 Å². The normalized spacial score (nSPS) is 20.4. The predicted octanol–water partition coefficient (Wildman–Crippen LogP) is -0.175. The number of hydrogen-bond acceptors (Lipinski definition) is 3. The molecule has 4 nitrogen and oxygen atoms in total. The largest absolute Gasteiger partial charge is 0.392 e. The van der Waals surface area contributed by atoms with Crippen LogP contribution < -0.4 is 5.32 Å². The molecule has 1 unspecified atom stereocenters. The van der Waals surface area contributed by atoms with Gasteiger partial charge < -0.3 is 15.3 Å². The van der Waals surface area contributed by atoms with Crippen LogP contribution in [-0.2, 0) is 4.79 Å². The lowest BCUT2D eigenvalue weighted by molar-refractivity contribution is -0.117. The first-order valence-corrected chi connectivity index (χ1v) is 4.82. The topological polar surface area (TPSA) is 52.6 Å². The van der Waals surface area contributed by atoms with E-state index in [0.717, 1.165) is 39.0 Å². The van der Waals surface area contributed by atoms with Gasteiger partial charge in [0.15, 0.2) is 0 Å². The summed E-state index contributed by atoms with van der Waals surface area (Å²) in [5.74, 6) is 0. The van der Waals surface area contributed by atoms with Crippen LogP contribution in [0.25, 0.3) is 0 Å². The van der Waals surface area contributed by atoms with Gasteiger partial charge in [0.1, 0.15) is 0 Å². The highest BCUT2D eigenvalue weighted by Crippen LogP contribution is 1.93. The van der Waals surface area contributed by atoms with Gasteiger partial charge in [-0.2, -0.15) is 0 Å². The lowest BCUT2D eigenvalue weighted by atomic mass is 10.3. The van der Waals surface area contributed by atoms with Crippen LogP contribution in [0, 0.1) is 0 Å². The van der Waals surface area contributed by atoms with E-state index in [1.807, 2.05) is 13.8 Å². The molecule has 1 aliphatic heterocycles. The average molecular weight is 188 g/mol. The van der Waals surface area contributed by atoms with Gasteiger partial charge in [-0.15, -0.1) is 0 Å². The minimum Gasteiger partial charge on any atom is -0.392 e. The minimum atomic E-state index is -0.0648.